The lowest BCUT2D eigenvalue weighted by Crippen LogP contribution is -2.21. The molecule has 0 aliphatic carbocycles. The van der Waals surface area contributed by atoms with Crippen LogP contribution in [-0.2, 0) is 11.3 Å². The number of methoxy groups -OCH3 is 1. The third kappa shape index (κ3) is 2.74. The Kier molecular flexibility index (Phi) is 3.47. The highest BCUT2D eigenvalue weighted by Gasteiger charge is 2.07. The van der Waals surface area contributed by atoms with Crippen molar-refractivity contribution in [1.82, 2.24) is 5.32 Å². The van der Waals surface area contributed by atoms with Gasteiger partial charge in [0.1, 0.15) is 4.88 Å². The van der Waals surface area contributed by atoms with Crippen molar-refractivity contribution in [1.29, 1.82) is 0 Å². The van der Waals surface area contributed by atoms with Crippen LogP contribution in [0.1, 0.15) is 14.5 Å². The van der Waals surface area contributed by atoms with Crippen molar-refractivity contribution in [3.05, 3.63) is 21.9 Å². The number of aromatic carboxylic acids is 1. The lowest BCUT2D eigenvalue weighted by molar-refractivity contribution is 0.0702. The van der Waals surface area contributed by atoms with Crippen LogP contribution in [0.3, 0.4) is 0 Å². The first-order valence-corrected chi connectivity index (χ1v) is 4.59. The van der Waals surface area contributed by atoms with Gasteiger partial charge < -0.3 is 15.2 Å². The summed E-state index contributed by atoms with van der Waals surface area (Å²) in [5.41, 5.74) is 0. The fourth-order valence-electron chi connectivity index (χ4n) is 0.819. The molecule has 14 heavy (non-hydrogen) atoms. The zero-order valence-corrected chi connectivity index (χ0v) is 8.26. The average molecular weight is 215 g/mol. The highest BCUT2D eigenvalue weighted by Crippen LogP contribution is 2.15. The van der Waals surface area contributed by atoms with Gasteiger partial charge in [0, 0.05) is 4.88 Å². The van der Waals surface area contributed by atoms with Gasteiger partial charge in [-0.2, -0.15) is 0 Å². The summed E-state index contributed by atoms with van der Waals surface area (Å²) in [5, 5.41) is 11.1. The van der Waals surface area contributed by atoms with E-state index in [1.807, 2.05) is 0 Å². The molecule has 0 saturated heterocycles. The second-order valence-electron chi connectivity index (χ2n) is 2.42. The Labute approximate surface area is 84.3 Å². The van der Waals surface area contributed by atoms with Crippen LogP contribution in [0.25, 0.3) is 0 Å². The van der Waals surface area contributed by atoms with E-state index in [0.717, 1.165) is 16.2 Å². The van der Waals surface area contributed by atoms with Crippen molar-refractivity contribution in [3.63, 3.8) is 0 Å². The maximum absolute atomic E-state index is 10.7. The number of amides is 1. The zero-order valence-electron chi connectivity index (χ0n) is 7.44. The number of thiophene rings is 1. The predicted molar refractivity (Wildman–Crippen MR) is 50.5 cm³/mol. The first-order valence-electron chi connectivity index (χ1n) is 3.77. The third-order valence-corrected chi connectivity index (χ3v) is 2.54. The quantitative estimate of drug-likeness (QED) is 0.796. The van der Waals surface area contributed by atoms with Gasteiger partial charge in [-0.3, -0.25) is 0 Å². The van der Waals surface area contributed by atoms with Gasteiger partial charge in [0.2, 0.25) is 0 Å². The van der Waals surface area contributed by atoms with E-state index < -0.39 is 12.1 Å². The highest BCUT2D eigenvalue weighted by atomic mass is 32.1. The summed E-state index contributed by atoms with van der Waals surface area (Å²) in [6.07, 6.45) is -0.532. The van der Waals surface area contributed by atoms with Crippen molar-refractivity contribution in [2.24, 2.45) is 0 Å². The molecular weight excluding hydrogens is 206 g/mol. The second kappa shape index (κ2) is 4.61. The number of nitrogens with one attached hydrogen (secondary N) is 1. The van der Waals surface area contributed by atoms with Crippen LogP contribution in [0.5, 0.6) is 0 Å². The Balaban J connectivity index is 2.52. The van der Waals surface area contributed by atoms with Crippen LogP contribution in [0.15, 0.2) is 12.1 Å². The van der Waals surface area contributed by atoms with E-state index in [-0.39, 0.29) is 11.4 Å². The third-order valence-electron chi connectivity index (χ3n) is 1.46. The summed E-state index contributed by atoms with van der Waals surface area (Å²) in [6, 6.07) is 3.16. The Morgan fingerprint density at radius 3 is 2.79 bits per heavy atom. The minimum atomic E-state index is -0.959. The van der Waals surface area contributed by atoms with E-state index in [9.17, 15) is 9.59 Å². The molecule has 1 aromatic heterocycles. The van der Waals surface area contributed by atoms with Gasteiger partial charge in [-0.05, 0) is 12.1 Å². The molecule has 1 aromatic rings. The van der Waals surface area contributed by atoms with Crippen LogP contribution in [-0.4, -0.2) is 24.3 Å². The molecule has 0 fully saturated rings. The minimum absolute atomic E-state index is 0.256. The molecule has 0 aliphatic heterocycles. The smallest absolute Gasteiger partial charge is 0.407 e. The molecule has 0 saturated carbocycles. The van der Waals surface area contributed by atoms with E-state index in [1.54, 1.807) is 6.07 Å². The molecule has 1 rings (SSSR count). The normalized spacial score (nSPS) is 9.50. The van der Waals surface area contributed by atoms with Crippen LogP contribution >= 0.6 is 11.3 Å². The minimum Gasteiger partial charge on any atom is -0.477 e. The average Bonchev–Trinajstić information content (AvgIpc) is 2.62. The van der Waals surface area contributed by atoms with Crippen molar-refractivity contribution in [2.45, 2.75) is 6.54 Å². The van der Waals surface area contributed by atoms with E-state index in [2.05, 4.69) is 10.1 Å². The molecule has 0 atom stereocenters. The lowest BCUT2D eigenvalue weighted by Gasteiger charge is -1.99. The molecule has 5 nitrogen and oxygen atoms in total. The summed E-state index contributed by atoms with van der Waals surface area (Å²) in [4.78, 5) is 22.2. The monoisotopic (exact) mass is 215 g/mol. The number of carboxylic acids is 1. The molecule has 0 radical (unpaired) electrons. The second-order valence-corrected chi connectivity index (χ2v) is 3.58. The summed E-state index contributed by atoms with van der Waals surface area (Å²) < 4.78 is 4.36. The molecule has 0 aromatic carbocycles. The zero-order chi connectivity index (χ0) is 10.6. The maximum Gasteiger partial charge on any atom is 0.407 e. The van der Waals surface area contributed by atoms with E-state index >= 15 is 0 Å². The number of carbonyl (C=O) groups excluding carboxylic acids is 1. The number of carbonyl (C=O) groups is 2. The SMILES string of the molecule is COC(=O)NCc1ccc(C(=O)O)s1. The maximum atomic E-state index is 10.7. The van der Waals surface area contributed by atoms with E-state index in [1.165, 1.54) is 13.2 Å². The number of rotatable bonds is 3. The first-order chi connectivity index (χ1) is 6.63. The van der Waals surface area contributed by atoms with Gasteiger partial charge in [0.25, 0.3) is 0 Å². The number of hydrogen-bond acceptors (Lipinski definition) is 4. The Bertz CT molecular complexity index is 347. The summed E-state index contributed by atoms with van der Waals surface area (Å²) in [5.74, 6) is -0.959. The number of hydrogen-bond donors (Lipinski definition) is 2. The number of alkyl carbamates (subject to hydrolysis) is 1. The molecule has 0 aliphatic rings. The Hall–Kier alpha value is -1.56. The Morgan fingerprint density at radius 2 is 2.29 bits per heavy atom. The number of ether oxygens (including phenoxy) is 1. The lowest BCUT2D eigenvalue weighted by atomic mass is 10.4. The fraction of sp³-hybridized carbons (Fsp3) is 0.250. The van der Waals surface area contributed by atoms with Gasteiger partial charge in [-0.15, -0.1) is 11.3 Å². The predicted octanol–water partition coefficient (Wildman–Crippen LogP) is 1.30. The fourth-order valence-corrected chi connectivity index (χ4v) is 1.61. The van der Waals surface area contributed by atoms with Gasteiger partial charge in [-0.25, -0.2) is 9.59 Å². The van der Waals surface area contributed by atoms with Crippen LogP contribution in [0.2, 0.25) is 0 Å². The molecule has 0 spiro atoms. The first kappa shape index (κ1) is 10.5. The molecule has 0 unspecified atom stereocenters. The van der Waals surface area contributed by atoms with Crippen molar-refractivity contribution < 1.29 is 19.4 Å². The topological polar surface area (TPSA) is 75.6 Å². The van der Waals surface area contributed by atoms with Crippen molar-refractivity contribution in [3.8, 4) is 0 Å². The van der Waals surface area contributed by atoms with Gasteiger partial charge in [0.15, 0.2) is 0 Å². The van der Waals surface area contributed by atoms with Crippen LogP contribution in [0, 0.1) is 0 Å². The van der Waals surface area contributed by atoms with E-state index in [0.29, 0.717) is 0 Å². The molecule has 76 valence electrons. The molecule has 1 amide bonds. The largest absolute Gasteiger partial charge is 0.477 e. The standard InChI is InChI=1S/C8H9NO4S/c1-13-8(12)9-4-5-2-3-6(14-5)7(10)11/h2-3H,4H2,1H3,(H,9,12)(H,10,11). The molecule has 2 N–H and O–H groups in total. The summed E-state index contributed by atoms with van der Waals surface area (Å²) >= 11 is 1.12. The van der Waals surface area contributed by atoms with Crippen molar-refractivity contribution in [2.75, 3.05) is 7.11 Å². The van der Waals surface area contributed by atoms with Crippen molar-refractivity contribution >= 4 is 23.4 Å². The van der Waals surface area contributed by atoms with E-state index in [4.69, 9.17) is 5.11 Å². The highest BCUT2D eigenvalue weighted by molar-refractivity contribution is 7.13. The van der Waals surface area contributed by atoms with Crippen LogP contribution < -0.4 is 5.32 Å². The molecule has 0 bridgehead atoms. The van der Waals surface area contributed by atoms with Gasteiger partial charge in [-0.1, -0.05) is 0 Å². The number of carboxylic acid groups (broad SMARTS) is 1. The van der Waals surface area contributed by atoms with Gasteiger partial charge in [0.05, 0.1) is 13.7 Å². The van der Waals surface area contributed by atoms with Gasteiger partial charge >= 0.3 is 12.1 Å². The summed E-state index contributed by atoms with van der Waals surface area (Å²) in [6.45, 7) is 0.282. The summed E-state index contributed by atoms with van der Waals surface area (Å²) in [7, 11) is 1.27. The Morgan fingerprint density at radius 1 is 1.57 bits per heavy atom. The van der Waals surface area contributed by atoms with Crippen LogP contribution in [0.4, 0.5) is 4.79 Å². The molecular formula is C8H9NO4S. The molecule has 1 heterocycles. The molecule has 6 heteroatoms.